The fourth-order valence-corrected chi connectivity index (χ4v) is 4.70. The molecule has 138 valence electrons. The molecule has 2 atom stereocenters. The molecule has 0 aliphatic heterocycles. The summed E-state index contributed by atoms with van der Waals surface area (Å²) in [5.41, 5.74) is 2.47. The molecule has 0 spiro atoms. The Morgan fingerprint density at radius 1 is 1.08 bits per heavy atom. The van der Waals surface area contributed by atoms with Crippen LogP contribution in [0.2, 0.25) is 0 Å². The molecule has 0 unspecified atom stereocenters. The zero-order chi connectivity index (χ0) is 18.7. The van der Waals surface area contributed by atoms with Gasteiger partial charge in [-0.3, -0.25) is 0 Å². The monoisotopic (exact) mass is 372 g/mol. The molecule has 1 aliphatic rings. The molecule has 0 aromatic heterocycles. The summed E-state index contributed by atoms with van der Waals surface area (Å²) in [4.78, 5) is 0.231. The van der Waals surface area contributed by atoms with Gasteiger partial charge in [0.1, 0.15) is 0 Å². The minimum Gasteiger partial charge on any atom is -0.623 e. The summed E-state index contributed by atoms with van der Waals surface area (Å²) in [6.45, 7) is 3.69. The first-order chi connectivity index (χ1) is 12.4. The van der Waals surface area contributed by atoms with Crippen molar-refractivity contribution in [3.63, 3.8) is 0 Å². The fourth-order valence-electron chi connectivity index (χ4n) is 3.40. The number of nitrogens with one attached hydrogen (secondary N) is 1. The first-order valence-corrected chi connectivity index (χ1v) is 10.3. The van der Waals surface area contributed by atoms with E-state index in [-0.39, 0.29) is 4.90 Å². The van der Waals surface area contributed by atoms with Crippen molar-refractivity contribution < 1.29 is 13.2 Å². The Bertz CT molecular complexity index is 890. The maximum absolute atomic E-state index is 12.9. The van der Waals surface area contributed by atoms with Crippen LogP contribution in [0.5, 0.6) is 0 Å². The number of sulfonamides is 1. The number of hydrogen-bond acceptors (Lipinski definition) is 3. The van der Waals surface area contributed by atoms with E-state index in [4.69, 9.17) is 0 Å². The third-order valence-corrected chi connectivity index (χ3v) is 6.45. The topological polar surface area (TPSA) is 72.2 Å². The average molecular weight is 372 g/mol. The van der Waals surface area contributed by atoms with Gasteiger partial charge in [0.15, 0.2) is 11.8 Å². The van der Waals surface area contributed by atoms with Crippen LogP contribution in [0.3, 0.4) is 0 Å². The molecule has 26 heavy (non-hydrogen) atoms. The molecule has 0 bridgehead atoms. The summed E-state index contributed by atoms with van der Waals surface area (Å²) < 4.78 is 29.1. The fraction of sp³-hybridized carbons (Fsp3) is 0.350. The number of aryl methyl sites for hydroxylation is 1. The highest BCUT2D eigenvalue weighted by atomic mass is 32.2. The predicted octanol–water partition coefficient (Wildman–Crippen LogP) is 3.21. The Kier molecular flexibility index (Phi) is 5.44. The SMILES string of the molecule is C/C(c1ccccc1)=[N+](/[O-])[C@@H]1CCC[C@H]1NS(=O)(=O)c1ccc(C)cc1. The Balaban J connectivity index is 1.83. The Morgan fingerprint density at radius 3 is 2.38 bits per heavy atom. The highest BCUT2D eigenvalue weighted by Crippen LogP contribution is 2.24. The van der Waals surface area contributed by atoms with Crippen LogP contribution in [0.15, 0.2) is 59.5 Å². The molecular weight excluding hydrogens is 348 g/mol. The lowest BCUT2D eigenvalue weighted by molar-refractivity contribution is -0.502. The quantitative estimate of drug-likeness (QED) is 0.379. The lowest BCUT2D eigenvalue weighted by Gasteiger charge is -2.22. The van der Waals surface area contributed by atoms with E-state index in [2.05, 4.69) is 4.72 Å². The van der Waals surface area contributed by atoms with Gasteiger partial charge in [0.05, 0.1) is 10.9 Å². The molecule has 0 amide bonds. The summed E-state index contributed by atoms with van der Waals surface area (Å²) in [5.74, 6) is 0. The molecule has 1 fully saturated rings. The van der Waals surface area contributed by atoms with E-state index in [1.165, 1.54) is 0 Å². The zero-order valence-corrected chi connectivity index (χ0v) is 15.9. The molecule has 0 radical (unpaired) electrons. The molecule has 1 aliphatic carbocycles. The first-order valence-electron chi connectivity index (χ1n) is 8.83. The number of nitrogens with zero attached hydrogens (tertiary/aromatic N) is 1. The molecule has 2 aromatic rings. The van der Waals surface area contributed by atoms with Crippen LogP contribution >= 0.6 is 0 Å². The van der Waals surface area contributed by atoms with Crippen molar-refractivity contribution in [3.8, 4) is 0 Å². The molecule has 1 N–H and O–H groups in total. The van der Waals surface area contributed by atoms with Gasteiger partial charge < -0.3 is 5.21 Å². The van der Waals surface area contributed by atoms with Crippen LogP contribution in [0, 0.1) is 12.1 Å². The summed E-state index contributed by atoms with van der Waals surface area (Å²) in [6.07, 6.45) is 2.16. The van der Waals surface area contributed by atoms with Crippen molar-refractivity contribution in [3.05, 3.63) is 70.9 Å². The van der Waals surface area contributed by atoms with Crippen molar-refractivity contribution in [2.75, 3.05) is 0 Å². The Hall–Kier alpha value is -2.18. The number of benzene rings is 2. The minimum atomic E-state index is -3.64. The van der Waals surface area contributed by atoms with Crippen LogP contribution in [-0.4, -0.2) is 31.0 Å². The molecule has 1 saturated carbocycles. The van der Waals surface area contributed by atoms with Gasteiger partial charge in [0.25, 0.3) is 0 Å². The van der Waals surface area contributed by atoms with Crippen molar-refractivity contribution in [2.24, 2.45) is 0 Å². The minimum absolute atomic E-state index is 0.231. The zero-order valence-electron chi connectivity index (χ0n) is 15.1. The third kappa shape index (κ3) is 3.97. The summed E-state index contributed by atoms with van der Waals surface area (Å²) in [7, 11) is -3.64. The summed E-state index contributed by atoms with van der Waals surface area (Å²) in [6, 6.07) is 15.4. The lowest BCUT2D eigenvalue weighted by Crippen LogP contribution is -2.45. The van der Waals surface area contributed by atoms with Gasteiger partial charge in [-0.15, -0.1) is 0 Å². The van der Waals surface area contributed by atoms with Crippen LogP contribution in [0.4, 0.5) is 0 Å². The Labute approximate surface area is 155 Å². The van der Waals surface area contributed by atoms with E-state index in [1.54, 1.807) is 31.2 Å². The maximum Gasteiger partial charge on any atom is 0.241 e. The van der Waals surface area contributed by atoms with E-state index in [9.17, 15) is 13.6 Å². The van der Waals surface area contributed by atoms with E-state index < -0.39 is 22.1 Å². The van der Waals surface area contributed by atoms with Crippen LogP contribution in [0.25, 0.3) is 0 Å². The second-order valence-corrected chi connectivity index (χ2v) is 8.53. The van der Waals surface area contributed by atoms with Crippen molar-refractivity contribution in [1.82, 2.24) is 4.72 Å². The Morgan fingerprint density at radius 2 is 1.73 bits per heavy atom. The van der Waals surface area contributed by atoms with E-state index >= 15 is 0 Å². The second kappa shape index (κ2) is 7.60. The number of hydroxylamine groups is 1. The molecular formula is C20H24N2O3S. The van der Waals surface area contributed by atoms with Gasteiger partial charge in [-0.2, -0.15) is 0 Å². The smallest absolute Gasteiger partial charge is 0.241 e. The van der Waals surface area contributed by atoms with Gasteiger partial charge in [0, 0.05) is 18.9 Å². The highest BCUT2D eigenvalue weighted by Gasteiger charge is 2.37. The van der Waals surface area contributed by atoms with Crippen molar-refractivity contribution >= 4 is 15.7 Å². The van der Waals surface area contributed by atoms with Gasteiger partial charge >= 0.3 is 0 Å². The van der Waals surface area contributed by atoms with Gasteiger partial charge in [-0.05, 0) is 44.0 Å². The van der Waals surface area contributed by atoms with Gasteiger partial charge in [0.2, 0.25) is 10.0 Å². The van der Waals surface area contributed by atoms with Crippen molar-refractivity contribution in [2.45, 2.75) is 50.1 Å². The van der Waals surface area contributed by atoms with Crippen LogP contribution in [-0.2, 0) is 10.0 Å². The first kappa shape index (κ1) is 18.6. The van der Waals surface area contributed by atoms with E-state index in [0.717, 1.165) is 22.3 Å². The van der Waals surface area contributed by atoms with Gasteiger partial charge in [-0.25, -0.2) is 17.9 Å². The van der Waals surface area contributed by atoms with Crippen molar-refractivity contribution in [1.29, 1.82) is 0 Å². The van der Waals surface area contributed by atoms with E-state index in [0.29, 0.717) is 18.6 Å². The molecule has 3 rings (SSSR count). The van der Waals surface area contributed by atoms with Crippen LogP contribution < -0.4 is 4.72 Å². The molecule has 6 heteroatoms. The lowest BCUT2D eigenvalue weighted by atomic mass is 10.1. The standard InChI is InChI=1S/C20H24N2O3S/c1-15-11-13-18(14-12-15)26(24,25)21-19-9-6-10-20(19)22(23)16(2)17-7-4-3-5-8-17/h3-5,7-8,11-14,19-21H,6,9-10H2,1-2H3/b22-16-/t19-,20-/m1/s1. The highest BCUT2D eigenvalue weighted by molar-refractivity contribution is 7.89. The summed E-state index contributed by atoms with van der Waals surface area (Å²) in [5, 5.41) is 12.9. The largest absolute Gasteiger partial charge is 0.623 e. The number of rotatable bonds is 5. The molecule has 5 nitrogen and oxygen atoms in total. The second-order valence-electron chi connectivity index (χ2n) is 6.82. The third-order valence-electron chi connectivity index (χ3n) is 4.94. The molecule has 0 saturated heterocycles. The predicted molar refractivity (Wildman–Crippen MR) is 103 cm³/mol. The summed E-state index contributed by atoms with van der Waals surface area (Å²) >= 11 is 0. The average Bonchev–Trinajstić information content (AvgIpc) is 3.09. The van der Waals surface area contributed by atoms with Crippen LogP contribution in [0.1, 0.15) is 37.3 Å². The maximum atomic E-state index is 12.9. The normalized spacial score (nSPS) is 21.5. The molecule has 2 aromatic carbocycles. The number of hydrogen-bond donors (Lipinski definition) is 1. The van der Waals surface area contributed by atoms with Gasteiger partial charge in [-0.1, -0.05) is 35.9 Å². The molecule has 0 heterocycles. The van der Waals surface area contributed by atoms with E-state index in [1.807, 2.05) is 37.3 Å².